The van der Waals surface area contributed by atoms with Crippen molar-refractivity contribution in [2.24, 2.45) is 0 Å². The van der Waals surface area contributed by atoms with Gasteiger partial charge in [-0.25, -0.2) is 4.79 Å². The van der Waals surface area contributed by atoms with Crippen molar-refractivity contribution in [3.05, 3.63) is 24.3 Å². The lowest BCUT2D eigenvalue weighted by Crippen LogP contribution is -2.42. The van der Waals surface area contributed by atoms with Gasteiger partial charge in [0.25, 0.3) is 5.91 Å². The lowest BCUT2D eigenvalue weighted by molar-refractivity contribution is -0.148. The van der Waals surface area contributed by atoms with E-state index in [9.17, 15) is 9.59 Å². The molecule has 0 spiro atoms. The van der Waals surface area contributed by atoms with Crippen LogP contribution in [0.3, 0.4) is 0 Å². The summed E-state index contributed by atoms with van der Waals surface area (Å²) in [7, 11) is 0. The van der Waals surface area contributed by atoms with E-state index in [0.717, 1.165) is 0 Å². The molecule has 0 bridgehead atoms. The van der Waals surface area contributed by atoms with Crippen molar-refractivity contribution in [2.75, 3.05) is 13.2 Å². The smallest absolute Gasteiger partial charge is 0.326 e. The van der Waals surface area contributed by atoms with E-state index in [1.165, 1.54) is 17.0 Å². The van der Waals surface area contributed by atoms with Crippen LogP contribution in [0.4, 0.5) is 0 Å². The van der Waals surface area contributed by atoms with Crippen LogP contribution in [-0.2, 0) is 9.59 Å². The molecule has 1 amide bonds. The maximum atomic E-state index is 11.9. The van der Waals surface area contributed by atoms with Crippen LogP contribution >= 0.6 is 0 Å². The van der Waals surface area contributed by atoms with Crippen LogP contribution in [0.15, 0.2) is 24.3 Å². The fourth-order valence-electron chi connectivity index (χ4n) is 2.09. The number of ether oxygens (including phenoxy) is 1. The molecule has 19 heavy (non-hydrogen) atoms. The summed E-state index contributed by atoms with van der Waals surface area (Å²) in [5.74, 6) is -0.741. The number of amides is 1. The van der Waals surface area contributed by atoms with Crippen LogP contribution in [-0.4, -0.2) is 46.2 Å². The maximum Gasteiger partial charge on any atom is 0.326 e. The molecule has 0 unspecified atom stereocenters. The molecule has 1 aromatic rings. The topological polar surface area (TPSA) is 87.1 Å². The van der Waals surface area contributed by atoms with Crippen LogP contribution in [0.1, 0.15) is 12.8 Å². The van der Waals surface area contributed by atoms with Gasteiger partial charge in [0.2, 0.25) is 0 Å². The van der Waals surface area contributed by atoms with Gasteiger partial charge in [0, 0.05) is 6.54 Å². The predicted octanol–water partition coefficient (Wildman–Crippen LogP) is 0.847. The van der Waals surface area contributed by atoms with Gasteiger partial charge in [-0.15, -0.1) is 0 Å². The zero-order chi connectivity index (χ0) is 13.8. The Kier molecular flexibility index (Phi) is 3.89. The standard InChI is InChI=1S/C13H15NO5/c15-9-3-5-10(6-4-9)19-8-12(16)14-7-1-2-11(14)13(17)18/h3-6,11,15H,1-2,7-8H2,(H,17,18)/t11-/m0/s1. The molecule has 1 saturated heterocycles. The number of rotatable bonds is 4. The summed E-state index contributed by atoms with van der Waals surface area (Å²) in [6.45, 7) is 0.253. The summed E-state index contributed by atoms with van der Waals surface area (Å²) in [6, 6.07) is 5.25. The molecule has 1 heterocycles. The Balaban J connectivity index is 1.90. The number of benzene rings is 1. The third-order valence-electron chi connectivity index (χ3n) is 3.06. The molecule has 2 rings (SSSR count). The molecular formula is C13H15NO5. The van der Waals surface area contributed by atoms with Crippen LogP contribution in [0, 0.1) is 0 Å². The molecular weight excluding hydrogens is 250 g/mol. The summed E-state index contributed by atoms with van der Waals surface area (Å²) in [5.41, 5.74) is 0. The number of carboxylic acid groups (broad SMARTS) is 1. The largest absolute Gasteiger partial charge is 0.508 e. The number of carbonyl (C=O) groups excluding carboxylic acids is 1. The monoisotopic (exact) mass is 265 g/mol. The third-order valence-corrected chi connectivity index (χ3v) is 3.06. The van der Waals surface area contributed by atoms with Crippen molar-refractivity contribution in [1.29, 1.82) is 0 Å². The van der Waals surface area contributed by atoms with Crippen molar-refractivity contribution >= 4 is 11.9 Å². The molecule has 1 aromatic carbocycles. The maximum absolute atomic E-state index is 11.9. The van der Waals surface area contributed by atoms with E-state index in [4.69, 9.17) is 14.9 Å². The Labute approximate surface area is 110 Å². The molecule has 0 radical (unpaired) electrons. The Morgan fingerprint density at radius 3 is 2.63 bits per heavy atom. The highest BCUT2D eigenvalue weighted by Crippen LogP contribution is 2.19. The normalized spacial score (nSPS) is 18.3. The number of hydrogen-bond acceptors (Lipinski definition) is 4. The first-order valence-corrected chi connectivity index (χ1v) is 6.02. The van der Waals surface area contributed by atoms with Gasteiger partial charge >= 0.3 is 5.97 Å². The Hall–Kier alpha value is -2.24. The summed E-state index contributed by atoms with van der Waals surface area (Å²) < 4.78 is 5.27. The molecule has 1 aliphatic heterocycles. The average Bonchev–Trinajstić information content (AvgIpc) is 2.87. The van der Waals surface area contributed by atoms with Crippen LogP contribution < -0.4 is 4.74 Å². The molecule has 0 aromatic heterocycles. The molecule has 2 N–H and O–H groups in total. The van der Waals surface area contributed by atoms with Crippen molar-refractivity contribution in [1.82, 2.24) is 4.90 Å². The van der Waals surface area contributed by atoms with Gasteiger partial charge < -0.3 is 19.8 Å². The van der Waals surface area contributed by atoms with Gasteiger partial charge in [0.15, 0.2) is 6.61 Å². The quantitative estimate of drug-likeness (QED) is 0.842. The molecule has 102 valence electrons. The second-order valence-corrected chi connectivity index (χ2v) is 4.37. The van der Waals surface area contributed by atoms with E-state index >= 15 is 0 Å². The molecule has 1 aliphatic rings. The van der Waals surface area contributed by atoms with Gasteiger partial charge in [0.05, 0.1) is 0 Å². The number of nitrogens with zero attached hydrogens (tertiary/aromatic N) is 1. The van der Waals surface area contributed by atoms with Crippen LogP contribution in [0.25, 0.3) is 0 Å². The van der Waals surface area contributed by atoms with Gasteiger partial charge in [-0.3, -0.25) is 4.79 Å². The predicted molar refractivity (Wildman–Crippen MR) is 66.0 cm³/mol. The number of hydrogen-bond donors (Lipinski definition) is 2. The summed E-state index contributed by atoms with van der Waals surface area (Å²) in [4.78, 5) is 24.2. The fourth-order valence-corrected chi connectivity index (χ4v) is 2.09. The molecule has 0 aliphatic carbocycles. The first-order chi connectivity index (χ1) is 9.08. The number of phenolic OH excluding ortho intramolecular Hbond substituents is 1. The summed E-state index contributed by atoms with van der Waals surface area (Å²) >= 11 is 0. The number of likely N-dealkylation sites (tertiary alicyclic amines) is 1. The van der Waals surface area contributed by atoms with Crippen molar-refractivity contribution in [2.45, 2.75) is 18.9 Å². The van der Waals surface area contributed by atoms with E-state index in [0.29, 0.717) is 25.1 Å². The third kappa shape index (κ3) is 3.15. The van der Waals surface area contributed by atoms with Crippen molar-refractivity contribution in [3.8, 4) is 11.5 Å². The van der Waals surface area contributed by atoms with Crippen LogP contribution in [0.2, 0.25) is 0 Å². The van der Waals surface area contributed by atoms with Gasteiger partial charge in [-0.1, -0.05) is 0 Å². The second-order valence-electron chi connectivity index (χ2n) is 4.37. The van der Waals surface area contributed by atoms with Crippen LogP contribution in [0.5, 0.6) is 11.5 Å². The van der Waals surface area contributed by atoms with E-state index in [2.05, 4.69) is 0 Å². The molecule has 1 fully saturated rings. The SMILES string of the molecule is O=C(O)[C@@H]1CCCN1C(=O)COc1ccc(O)cc1. The lowest BCUT2D eigenvalue weighted by Gasteiger charge is -2.21. The zero-order valence-electron chi connectivity index (χ0n) is 10.3. The van der Waals surface area contributed by atoms with E-state index in [1.807, 2.05) is 0 Å². The van der Waals surface area contributed by atoms with Crippen molar-refractivity contribution < 1.29 is 24.5 Å². The highest BCUT2D eigenvalue weighted by Gasteiger charge is 2.33. The van der Waals surface area contributed by atoms with Crippen molar-refractivity contribution in [3.63, 3.8) is 0 Å². The van der Waals surface area contributed by atoms with E-state index < -0.39 is 12.0 Å². The highest BCUT2D eigenvalue weighted by atomic mass is 16.5. The zero-order valence-corrected chi connectivity index (χ0v) is 10.3. The van der Waals surface area contributed by atoms with Gasteiger partial charge in [-0.05, 0) is 37.1 Å². The second kappa shape index (κ2) is 5.60. The minimum atomic E-state index is -0.976. The van der Waals surface area contributed by atoms with Gasteiger partial charge in [-0.2, -0.15) is 0 Å². The Morgan fingerprint density at radius 2 is 2.00 bits per heavy atom. The molecule has 6 heteroatoms. The van der Waals surface area contributed by atoms with E-state index in [1.54, 1.807) is 12.1 Å². The number of carbonyl (C=O) groups is 2. The summed E-state index contributed by atoms with van der Waals surface area (Å²) in [6.07, 6.45) is 1.18. The molecule has 0 saturated carbocycles. The number of aromatic hydroxyl groups is 1. The van der Waals surface area contributed by atoms with Gasteiger partial charge in [0.1, 0.15) is 17.5 Å². The fraction of sp³-hybridized carbons (Fsp3) is 0.385. The first-order valence-electron chi connectivity index (χ1n) is 6.02. The Morgan fingerprint density at radius 1 is 1.32 bits per heavy atom. The number of phenols is 1. The Bertz CT molecular complexity index is 470. The first kappa shape index (κ1) is 13.2. The minimum Gasteiger partial charge on any atom is -0.508 e. The average molecular weight is 265 g/mol. The lowest BCUT2D eigenvalue weighted by atomic mass is 10.2. The number of aliphatic carboxylic acids is 1. The molecule has 6 nitrogen and oxygen atoms in total. The summed E-state index contributed by atoms with van der Waals surface area (Å²) in [5, 5.41) is 18.1. The molecule has 1 atom stereocenters. The number of carboxylic acids is 1. The van der Waals surface area contributed by atoms with E-state index in [-0.39, 0.29) is 18.3 Å². The highest BCUT2D eigenvalue weighted by molar-refractivity contribution is 5.85. The minimum absolute atomic E-state index is 0.115.